The summed E-state index contributed by atoms with van der Waals surface area (Å²) in [5.74, 6) is 1.33. The van der Waals surface area contributed by atoms with Crippen LogP contribution in [-0.2, 0) is 0 Å². The lowest BCUT2D eigenvalue weighted by atomic mass is 10.2. The Bertz CT molecular complexity index is 609. The summed E-state index contributed by atoms with van der Waals surface area (Å²) in [6.45, 7) is 1.93. The highest BCUT2D eigenvalue weighted by atomic mass is 16.5. The maximum atomic E-state index is 12.1. The van der Waals surface area contributed by atoms with Crippen LogP contribution >= 0.6 is 0 Å². The molecule has 0 aliphatic carbocycles. The fourth-order valence-electron chi connectivity index (χ4n) is 1.84. The van der Waals surface area contributed by atoms with Crippen LogP contribution < -0.4 is 15.4 Å². The Morgan fingerprint density at radius 1 is 1.25 bits per heavy atom. The van der Waals surface area contributed by atoms with E-state index in [4.69, 9.17) is 4.74 Å². The first-order valence-corrected chi connectivity index (χ1v) is 6.24. The van der Waals surface area contributed by atoms with Crippen LogP contribution in [0.25, 0.3) is 0 Å². The zero-order chi connectivity index (χ0) is 14.5. The third-order valence-corrected chi connectivity index (χ3v) is 2.93. The van der Waals surface area contributed by atoms with E-state index in [0.717, 1.165) is 22.8 Å². The second kappa shape index (κ2) is 6.06. The van der Waals surface area contributed by atoms with Crippen molar-refractivity contribution in [2.45, 2.75) is 6.92 Å². The maximum Gasteiger partial charge on any atom is 0.257 e. The van der Waals surface area contributed by atoms with Crippen LogP contribution in [0.1, 0.15) is 15.9 Å². The fraction of sp³-hybridized carbons (Fsp3) is 0.200. The summed E-state index contributed by atoms with van der Waals surface area (Å²) >= 11 is 0. The van der Waals surface area contributed by atoms with Gasteiger partial charge < -0.3 is 15.4 Å². The fourth-order valence-corrected chi connectivity index (χ4v) is 1.84. The van der Waals surface area contributed by atoms with Crippen molar-refractivity contribution in [3.63, 3.8) is 0 Å². The van der Waals surface area contributed by atoms with Crippen molar-refractivity contribution in [2.24, 2.45) is 0 Å². The SMILES string of the molecule is CNc1ccc(C(=O)Nc2ccc(OC)c(C)c2)cn1. The monoisotopic (exact) mass is 271 g/mol. The quantitative estimate of drug-likeness (QED) is 0.897. The number of hydrogen-bond acceptors (Lipinski definition) is 4. The smallest absolute Gasteiger partial charge is 0.257 e. The van der Waals surface area contributed by atoms with Gasteiger partial charge in [0.15, 0.2) is 0 Å². The summed E-state index contributed by atoms with van der Waals surface area (Å²) in [5.41, 5.74) is 2.21. The van der Waals surface area contributed by atoms with Crippen molar-refractivity contribution >= 4 is 17.4 Å². The summed E-state index contributed by atoms with van der Waals surface area (Å²) in [7, 11) is 3.40. The van der Waals surface area contributed by atoms with Crippen LogP contribution in [0.3, 0.4) is 0 Å². The minimum atomic E-state index is -0.190. The highest BCUT2D eigenvalue weighted by molar-refractivity contribution is 6.04. The Kier molecular flexibility index (Phi) is 4.20. The number of hydrogen-bond donors (Lipinski definition) is 2. The van der Waals surface area contributed by atoms with Gasteiger partial charge in [-0.15, -0.1) is 0 Å². The van der Waals surface area contributed by atoms with Gasteiger partial charge in [0.25, 0.3) is 5.91 Å². The van der Waals surface area contributed by atoms with Crippen LogP contribution in [0.4, 0.5) is 11.5 Å². The molecule has 1 aromatic carbocycles. The molecule has 1 heterocycles. The van der Waals surface area contributed by atoms with Gasteiger partial charge in [0.2, 0.25) is 0 Å². The van der Waals surface area contributed by atoms with E-state index in [0.29, 0.717) is 5.56 Å². The van der Waals surface area contributed by atoms with Gasteiger partial charge in [-0.05, 0) is 42.8 Å². The van der Waals surface area contributed by atoms with Crippen molar-refractivity contribution in [3.05, 3.63) is 47.7 Å². The van der Waals surface area contributed by atoms with Gasteiger partial charge in [-0.2, -0.15) is 0 Å². The summed E-state index contributed by atoms with van der Waals surface area (Å²) < 4.78 is 5.19. The summed E-state index contributed by atoms with van der Waals surface area (Å²) in [5, 5.41) is 5.74. The number of rotatable bonds is 4. The molecular formula is C15H17N3O2. The molecule has 0 atom stereocenters. The molecule has 2 aromatic rings. The molecule has 0 saturated carbocycles. The molecular weight excluding hydrogens is 254 g/mol. The molecule has 2 N–H and O–H groups in total. The normalized spacial score (nSPS) is 9.95. The van der Waals surface area contributed by atoms with Crippen molar-refractivity contribution in [1.29, 1.82) is 0 Å². The van der Waals surface area contributed by atoms with Crippen molar-refractivity contribution in [1.82, 2.24) is 4.98 Å². The van der Waals surface area contributed by atoms with Crippen molar-refractivity contribution in [2.75, 3.05) is 24.8 Å². The molecule has 0 unspecified atom stereocenters. The van der Waals surface area contributed by atoms with Crippen LogP contribution in [0.2, 0.25) is 0 Å². The molecule has 0 aliphatic rings. The zero-order valence-electron chi connectivity index (χ0n) is 11.7. The molecule has 1 aromatic heterocycles. The summed E-state index contributed by atoms with van der Waals surface area (Å²) in [6.07, 6.45) is 1.54. The molecule has 20 heavy (non-hydrogen) atoms. The van der Waals surface area contributed by atoms with Crippen molar-refractivity contribution < 1.29 is 9.53 Å². The lowest BCUT2D eigenvalue weighted by Crippen LogP contribution is -2.12. The predicted octanol–water partition coefficient (Wildman–Crippen LogP) is 2.69. The number of ether oxygens (including phenoxy) is 1. The van der Waals surface area contributed by atoms with Gasteiger partial charge in [-0.3, -0.25) is 4.79 Å². The van der Waals surface area contributed by atoms with Crippen LogP contribution in [0, 0.1) is 6.92 Å². The Morgan fingerprint density at radius 3 is 2.60 bits per heavy atom. The molecule has 5 heteroatoms. The average Bonchev–Trinajstić information content (AvgIpc) is 2.47. The molecule has 0 fully saturated rings. The van der Waals surface area contributed by atoms with E-state index in [9.17, 15) is 4.79 Å². The van der Waals surface area contributed by atoms with Gasteiger partial charge in [-0.1, -0.05) is 0 Å². The molecule has 0 spiro atoms. The van der Waals surface area contributed by atoms with Crippen LogP contribution in [-0.4, -0.2) is 25.0 Å². The number of pyridine rings is 1. The number of amides is 1. The average molecular weight is 271 g/mol. The van der Waals surface area contributed by atoms with E-state index in [1.807, 2.05) is 19.1 Å². The zero-order valence-corrected chi connectivity index (χ0v) is 11.7. The highest BCUT2D eigenvalue weighted by Crippen LogP contribution is 2.21. The number of methoxy groups -OCH3 is 1. The Morgan fingerprint density at radius 2 is 2.05 bits per heavy atom. The number of benzene rings is 1. The number of aromatic nitrogens is 1. The molecule has 2 rings (SSSR count). The Balaban J connectivity index is 2.12. The highest BCUT2D eigenvalue weighted by Gasteiger charge is 2.07. The lowest BCUT2D eigenvalue weighted by molar-refractivity contribution is 0.102. The van der Waals surface area contributed by atoms with E-state index in [2.05, 4.69) is 15.6 Å². The van der Waals surface area contributed by atoms with E-state index in [-0.39, 0.29) is 5.91 Å². The predicted molar refractivity (Wildman–Crippen MR) is 79.5 cm³/mol. The molecule has 104 valence electrons. The minimum absolute atomic E-state index is 0.190. The Hall–Kier alpha value is -2.56. The molecule has 5 nitrogen and oxygen atoms in total. The van der Waals surface area contributed by atoms with Gasteiger partial charge in [-0.25, -0.2) is 4.98 Å². The van der Waals surface area contributed by atoms with E-state index < -0.39 is 0 Å². The van der Waals surface area contributed by atoms with Gasteiger partial charge in [0.1, 0.15) is 11.6 Å². The third kappa shape index (κ3) is 3.06. The third-order valence-electron chi connectivity index (χ3n) is 2.93. The number of anilines is 2. The number of aryl methyl sites for hydroxylation is 1. The number of carbonyl (C=O) groups is 1. The first-order chi connectivity index (χ1) is 9.63. The van der Waals surface area contributed by atoms with Gasteiger partial charge >= 0.3 is 0 Å². The minimum Gasteiger partial charge on any atom is -0.496 e. The van der Waals surface area contributed by atoms with E-state index in [1.54, 1.807) is 32.4 Å². The number of nitrogens with one attached hydrogen (secondary N) is 2. The van der Waals surface area contributed by atoms with Crippen molar-refractivity contribution in [3.8, 4) is 5.75 Å². The molecule has 0 saturated heterocycles. The number of nitrogens with zero attached hydrogens (tertiary/aromatic N) is 1. The summed E-state index contributed by atoms with van der Waals surface area (Å²) in [4.78, 5) is 16.2. The standard InChI is InChI=1S/C15H17N3O2/c1-10-8-12(5-6-13(10)20-3)18-15(19)11-4-7-14(16-2)17-9-11/h4-9H,1-3H3,(H,16,17)(H,18,19). The molecule has 1 amide bonds. The van der Waals surface area contributed by atoms with Gasteiger partial charge in [0.05, 0.1) is 12.7 Å². The molecule has 0 radical (unpaired) electrons. The number of carbonyl (C=O) groups excluding carboxylic acids is 1. The lowest BCUT2D eigenvalue weighted by Gasteiger charge is -2.09. The summed E-state index contributed by atoms with van der Waals surface area (Å²) in [6, 6.07) is 8.98. The van der Waals surface area contributed by atoms with Gasteiger partial charge in [0, 0.05) is 18.9 Å². The van der Waals surface area contributed by atoms with E-state index in [1.165, 1.54) is 6.20 Å². The largest absolute Gasteiger partial charge is 0.496 e. The second-order valence-electron chi connectivity index (χ2n) is 4.32. The molecule has 0 aliphatic heterocycles. The topological polar surface area (TPSA) is 63.2 Å². The first-order valence-electron chi connectivity index (χ1n) is 6.24. The van der Waals surface area contributed by atoms with Crippen LogP contribution in [0.5, 0.6) is 5.75 Å². The molecule has 0 bridgehead atoms. The van der Waals surface area contributed by atoms with E-state index >= 15 is 0 Å². The second-order valence-corrected chi connectivity index (χ2v) is 4.32. The van der Waals surface area contributed by atoms with Crippen LogP contribution in [0.15, 0.2) is 36.5 Å². The Labute approximate surface area is 118 Å². The first kappa shape index (κ1) is 13.9. The maximum absolute atomic E-state index is 12.1.